The third-order valence-corrected chi connectivity index (χ3v) is 3.72. The lowest BCUT2D eigenvalue weighted by Gasteiger charge is -2.30. The molecule has 1 saturated heterocycles. The Kier molecular flexibility index (Phi) is 4.94. The highest BCUT2D eigenvalue weighted by molar-refractivity contribution is 6.33. The first-order valence-corrected chi connectivity index (χ1v) is 6.84. The minimum atomic E-state index is -0.614. The number of rotatable bonds is 3. The van der Waals surface area contributed by atoms with Gasteiger partial charge in [0, 0.05) is 19.1 Å². The second-order valence-electron chi connectivity index (χ2n) is 4.78. The lowest BCUT2D eigenvalue weighted by molar-refractivity contribution is 0.0910. The average molecular weight is 296 g/mol. The maximum absolute atomic E-state index is 13.6. The van der Waals surface area contributed by atoms with Gasteiger partial charge >= 0.3 is 0 Å². The fourth-order valence-electron chi connectivity index (χ4n) is 2.31. The van der Waals surface area contributed by atoms with Crippen LogP contribution in [0.5, 0.6) is 0 Å². The van der Waals surface area contributed by atoms with Crippen LogP contribution in [0.25, 0.3) is 0 Å². The molecule has 1 aliphatic heterocycles. The number of amides is 1. The van der Waals surface area contributed by atoms with E-state index in [-0.39, 0.29) is 16.6 Å². The van der Waals surface area contributed by atoms with Crippen molar-refractivity contribution in [2.45, 2.75) is 18.9 Å². The maximum Gasteiger partial charge on any atom is 0.255 e. The molecule has 0 bridgehead atoms. The summed E-state index contributed by atoms with van der Waals surface area (Å²) in [6.45, 7) is 1.91. The predicted molar refractivity (Wildman–Crippen MR) is 74.0 cm³/mol. The normalized spacial score (nSPS) is 16.6. The van der Waals surface area contributed by atoms with E-state index in [9.17, 15) is 9.18 Å². The van der Waals surface area contributed by atoms with Gasteiger partial charge < -0.3 is 5.32 Å². The average Bonchev–Trinajstić information content (AvgIpc) is 2.41. The van der Waals surface area contributed by atoms with Gasteiger partial charge in [-0.25, -0.2) is 4.39 Å². The quantitative estimate of drug-likeness (QED) is 0.870. The molecular formula is C14H15ClFN3O. The molecule has 1 heterocycles. The first-order valence-electron chi connectivity index (χ1n) is 6.46. The molecule has 1 aromatic carbocycles. The van der Waals surface area contributed by atoms with Crippen molar-refractivity contribution >= 4 is 17.5 Å². The fourth-order valence-corrected chi connectivity index (χ4v) is 2.56. The van der Waals surface area contributed by atoms with Gasteiger partial charge in [0.2, 0.25) is 0 Å². The zero-order valence-corrected chi connectivity index (χ0v) is 11.7. The van der Waals surface area contributed by atoms with Crippen molar-refractivity contribution in [3.05, 3.63) is 34.6 Å². The number of halogens is 2. The van der Waals surface area contributed by atoms with Crippen LogP contribution in [0, 0.1) is 17.1 Å². The van der Waals surface area contributed by atoms with E-state index in [0.29, 0.717) is 6.54 Å². The van der Waals surface area contributed by atoms with Gasteiger partial charge in [0.1, 0.15) is 5.82 Å². The van der Waals surface area contributed by atoms with Crippen LogP contribution in [0.1, 0.15) is 23.2 Å². The first-order chi connectivity index (χ1) is 9.61. The molecule has 1 aromatic rings. The number of nitrogens with zero attached hydrogens (tertiary/aromatic N) is 2. The van der Waals surface area contributed by atoms with Crippen molar-refractivity contribution in [3.8, 4) is 6.07 Å². The van der Waals surface area contributed by atoms with Crippen molar-refractivity contribution in [2.75, 3.05) is 19.6 Å². The van der Waals surface area contributed by atoms with Crippen LogP contribution >= 0.6 is 11.6 Å². The van der Waals surface area contributed by atoms with E-state index in [1.807, 2.05) is 4.90 Å². The largest absolute Gasteiger partial charge is 0.349 e. The number of likely N-dealkylation sites (tertiary alicyclic amines) is 1. The van der Waals surface area contributed by atoms with Crippen LogP contribution in [-0.2, 0) is 0 Å². The van der Waals surface area contributed by atoms with E-state index in [1.54, 1.807) is 0 Å². The van der Waals surface area contributed by atoms with Gasteiger partial charge in [-0.3, -0.25) is 9.69 Å². The fraction of sp³-hybridized carbons (Fsp3) is 0.429. The van der Waals surface area contributed by atoms with Gasteiger partial charge in [0.05, 0.1) is 23.2 Å². The molecule has 1 fully saturated rings. The number of nitriles is 1. The number of hydrogen-bond acceptors (Lipinski definition) is 3. The van der Waals surface area contributed by atoms with Gasteiger partial charge in [0.15, 0.2) is 0 Å². The summed E-state index contributed by atoms with van der Waals surface area (Å²) in [5.41, 5.74) is -0.103. The van der Waals surface area contributed by atoms with Crippen LogP contribution in [0.3, 0.4) is 0 Å². The number of hydrogen-bond donors (Lipinski definition) is 1. The molecule has 1 amide bonds. The molecule has 0 spiro atoms. The van der Waals surface area contributed by atoms with Crippen molar-refractivity contribution < 1.29 is 9.18 Å². The summed E-state index contributed by atoms with van der Waals surface area (Å²) in [5, 5.41) is 11.5. The van der Waals surface area contributed by atoms with E-state index >= 15 is 0 Å². The lowest BCUT2D eigenvalue weighted by atomic mass is 10.0. The minimum absolute atomic E-state index is 0.00637. The first kappa shape index (κ1) is 14.8. The molecule has 0 unspecified atom stereocenters. The lowest BCUT2D eigenvalue weighted by Crippen LogP contribution is -2.44. The SMILES string of the molecule is N#CCN1CCC(NC(=O)c2c(F)cccc2Cl)CC1. The zero-order valence-electron chi connectivity index (χ0n) is 10.9. The smallest absolute Gasteiger partial charge is 0.255 e. The Labute approximate surface area is 122 Å². The standard InChI is InChI=1S/C14H15ClFN3O/c15-11-2-1-3-12(16)13(11)14(20)18-10-4-7-19(8-5-10)9-6-17/h1-3,10H,4-5,7-9H2,(H,18,20). The Balaban J connectivity index is 1.95. The van der Waals surface area contributed by atoms with Gasteiger partial charge in [-0.05, 0) is 25.0 Å². The van der Waals surface area contributed by atoms with E-state index in [4.69, 9.17) is 16.9 Å². The summed E-state index contributed by atoms with van der Waals surface area (Å²) in [6.07, 6.45) is 1.50. The molecule has 0 atom stereocenters. The van der Waals surface area contributed by atoms with Gasteiger partial charge in [-0.1, -0.05) is 17.7 Å². The molecule has 20 heavy (non-hydrogen) atoms. The molecule has 1 N–H and O–H groups in total. The summed E-state index contributed by atoms with van der Waals surface area (Å²) in [5.74, 6) is -1.09. The van der Waals surface area contributed by atoms with Gasteiger partial charge in [0.25, 0.3) is 5.91 Å². The van der Waals surface area contributed by atoms with Crippen LogP contribution < -0.4 is 5.32 Å². The zero-order chi connectivity index (χ0) is 14.5. The molecule has 6 heteroatoms. The summed E-state index contributed by atoms with van der Waals surface area (Å²) in [4.78, 5) is 14.1. The van der Waals surface area contributed by atoms with Crippen molar-refractivity contribution in [1.29, 1.82) is 5.26 Å². The Morgan fingerprint density at radius 3 is 2.80 bits per heavy atom. The second kappa shape index (κ2) is 6.69. The van der Waals surface area contributed by atoms with Crippen molar-refractivity contribution in [3.63, 3.8) is 0 Å². The number of carbonyl (C=O) groups excluding carboxylic acids is 1. The highest BCUT2D eigenvalue weighted by Gasteiger charge is 2.23. The third kappa shape index (κ3) is 3.47. The predicted octanol–water partition coefficient (Wildman–Crippen LogP) is 2.20. The summed E-state index contributed by atoms with van der Waals surface area (Å²) < 4.78 is 13.6. The topological polar surface area (TPSA) is 56.1 Å². The number of benzene rings is 1. The van der Waals surface area contributed by atoms with Gasteiger partial charge in [-0.2, -0.15) is 5.26 Å². The molecule has 0 radical (unpaired) electrons. The van der Waals surface area contributed by atoms with Crippen LogP contribution in [0.4, 0.5) is 4.39 Å². The molecule has 1 aliphatic rings. The molecule has 0 aliphatic carbocycles. The summed E-state index contributed by atoms with van der Waals surface area (Å²) in [7, 11) is 0. The monoisotopic (exact) mass is 295 g/mol. The Bertz CT molecular complexity index is 515. The van der Waals surface area contributed by atoms with E-state index in [2.05, 4.69) is 11.4 Å². The Morgan fingerprint density at radius 1 is 1.50 bits per heavy atom. The van der Waals surface area contributed by atoms with Crippen molar-refractivity contribution in [2.24, 2.45) is 0 Å². The second-order valence-corrected chi connectivity index (χ2v) is 5.19. The molecule has 106 valence electrons. The molecule has 4 nitrogen and oxygen atoms in total. The number of piperidine rings is 1. The van der Waals surface area contributed by atoms with Crippen LogP contribution in [0.15, 0.2) is 18.2 Å². The Morgan fingerprint density at radius 2 is 2.20 bits per heavy atom. The van der Waals surface area contributed by atoms with Crippen molar-refractivity contribution in [1.82, 2.24) is 10.2 Å². The number of carbonyl (C=O) groups is 1. The highest BCUT2D eigenvalue weighted by atomic mass is 35.5. The van der Waals surface area contributed by atoms with E-state index in [1.165, 1.54) is 18.2 Å². The van der Waals surface area contributed by atoms with Crippen LogP contribution in [0.2, 0.25) is 5.02 Å². The van der Waals surface area contributed by atoms with E-state index in [0.717, 1.165) is 25.9 Å². The number of nitrogens with one attached hydrogen (secondary N) is 1. The maximum atomic E-state index is 13.6. The highest BCUT2D eigenvalue weighted by Crippen LogP contribution is 2.19. The minimum Gasteiger partial charge on any atom is -0.349 e. The molecule has 0 saturated carbocycles. The molecular weight excluding hydrogens is 281 g/mol. The summed E-state index contributed by atoms with van der Waals surface area (Å²) >= 11 is 5.86. The van der Waals surface area contributed by atoms with Gasteiger partial charge in [-0.15, -0.1) is 0 Å². The third-order valence-electron chi connectivity index (χ3n) is 3.41. The van der Waals surface area contributed by atoms with Crippen LogP contribution in [-0.4, -0.2) is 36.5 Å². The molecule has 0 aromatic heterocycles. The summed E-state index contributed by atoms with van der Waals surface area (Å²) in [6, 6.07) is 6.28. The van der Waals surface area contributed by atoms with E-state index < -0.39 is 11.7 Å². The Hall–Kier alpha value is -1.64. The molecule has 2 rings (SSSR count).